The third-order valence-electron chi connectivity index (χ3n) is 5.41. The summed E-state index contributed by atoms with van der Waals surface area (Å²) in [4.78, 5) is 27.1. The van der Waals surface area contributed by atoms with Gasteiger partial charge in [-0.2, -0.15) is 0 Å². The van der Waals surface area contributed by atoms with Crippen LogP contribution in [0.3, 0.4) is 0 Å². The highest BCUT2D eigenvalue weighted by Gasteiger charge is 2.32. The van der Waals surface area contributed by atoms with Crippen LogP contribution in [-0.2, 0) is 9.59 Å². The van der Waals surface area contributed by atoms with Crippen molar-refractivity contribution in [1.82, 2.24) is 10.2 Å². The molecular formula is C24H38N2O4. The summed E-state index contributed by atoms with van der Waals surface area (Å²) in [6, 6.07) is 5.65. The Hall–Kier alpha value is -2.24. The zero-order chi connectivity index (χ0) is 22.5. The van der Waals surface area contributed by atoms with Crippen LogP contribution >= 0.6 is 0 Å². The molecule has 1 aromatic carbocycles. The van der Waals surface area contributed by atoms with E-state index in [2.05, 4.69) is 19.2 Å². The Labute approximate surface area is 181 Å². The van der Waals surface area contributed by atoms with Gasteiger partial charge in [-0.15, -0.1) is 0 Å². The minimum Gasteiger partial charge on any atom is -0.493 e. The largest absolute Gasteiger partial charge is 0.493 e. The number of ether oxygens (including phenoxy) is 2. The first-order valence-corrected chi connectivity index (χ1v) is 10.9. The van der Waals surface area contributed by atoms with Gasteiger partial charge in [0.15, 0.2) is 11.5 Å². The predicted octanol–water partition coefficient (Wildman–Crippen LogP) is 4.19. The third kappa shape index (κ3) is 6.38. The maximum Gasteiger partial charge on any atom is 0.227 e. The highest BCUT2D eigenvalue weighted by molar-refractivity contribution is 5.83. The van der Waals surface area contributed by atoms with Gasteiger partial charge in [-0.3, -0.25) is 9.59 Å². The maximum absolute atomic E-state index is 12.8. The van der Waals surface area contributed by atoms with Gasteiger partial charge in [0.1, 0.15) is 0 Å². The second-order valence-corrected chi connectivity index (χ2v) is 9.66. The molecule has 0 bridgehead atoms. The summed E-state index contributed by atoms with van der Waals surface area (Å²) < 4.78 is 11.3. The fraction of sp³-hybridized carbons (Fsp3) is 0.667. The molecule has 0 saturated carbocycles. The molecule has 168 valence electrons. The number of likely N-dealkylation sites (tertiary alicyclic amines) is 1. The second kappa shape index (κ2) is 10.2. The van der Waals surface area contributed by atoms with Crippen molar-refractivity contribution < 1.29 is 19.1 Å². The van der Waals surface area contributed by atoms with Crippen molar-refractivity contribution in [3.8, 4) is 11.5 Å². The summed E-state index contributed by atoms with van der Waals surface area (Å²) in [6.07, 6.45) is 1.40. The lowest BCUT2D eigenvalue weighted by atomic mass is 9.90. The minimum atomic E-state index is -0.381. The van der Waals surface area contributed by atoms with Gasteiger partial charge in [-0.1, -0.05) is 40.7 Å². The van der Waals surface area contributed by atoms with Crippen LogP contribution in [0.2, 0.25) is 0 Å². The Morgan fingerprint density at radius 1 is 1.13 bits per heavy atom. The number of carbonyl (C=O) groups is 2. The third-order valence-corrected chi connectivity index (χ3v) is 5.41. The van der Waals surface area contributed by atoms with E-state index in [-0.39, 0.29) is 29.2 Å². The van der Waals surface area contributed by atoms with Crippen molar-refractivity contribution in [3.63, 3.8) is 0 Å². The molecule has 6 heteroatoms. The van der Waals surface area contributed by atoms with Gasteiger partial charge >= 0.3 is 0 Å². The highest BCUT2D eigenvalue weighted by atomic mass is 16.5. The lowest BCUT2D eigenvalue weighted by Crippen LogP contribution is -2.46. The fourth-order valence-electron chi connectivity index (χ4n) is 3.56. The van der Waals surface area contributed by atoms with Gasteiger partial charge in [0.05, 0.1) is 19.8 Å². The molecule has 0 radical (unpaired) electrons. The van der Waals surface area contributed by atoms with Crippen molar-refractivity contribution in [3.05, 3.63) is 23.8 Å². The van der Waals surface area contributed by atoms with Crippen molar-refractivity contribution in [2.45, 2.75) is 60.4 Å². The molecule has 1 N–H and O–H groups in total. The molecule has 0 aliphatic carbocycles. The first-order chi connectivity index (χ1) is 14.0. The molecule has 2 amide bonds. The predicted molar refractivity (Wildman–Crippen MR) is 119 cm³/mol. The number of methoxy groups -OCH3 is 1. The van der Waals surface area contributed by atoms with Crippen LogP contribution < -0.4 is 14.8 Å². The molecular weight excluding hydrogens is 380 g/mol. The van der Waals surface area contributed by atoms with Crippen LogP contribution in [0.25, 0.3) is 0 Å². The van der Waals surface area contributed by atoms with Crippen LogP contribution in [0.15, 0.2) is 18.2 Å². The first-order valence-electron chi connectivity index (χ1n) is 10.9. The number of benzene rings is 1. The monoisotopic (exact) mass is 418 g/mol. The zero-order valence-corrected chi connectivity index (χ0v) is 19.6. The Morgan fingerprint density at radius 3 is 2.30 bits per heavy atom. The average molecular weight is 419 g/mol. The van der Waals surface area contributed by atoms with E-state index >= 15 is 0 Å². The fourth-order valence-corrected chi connectivity index (χ4v) is 3.56. The van der Waals surface area contributed by atoms with E-state index in [9.17, 15) is 9.59 Å². The standard InChI is InChI=1S/C24H38N2O4/c1-16(2)15-30-20-9-8-19(14-21(20)29-7)17(3)25-22(27)18-10-12-26(13-11-18)23(28)24(4,5)6/h8-9,14,16-18H,10-13,15H2,1-7H3,(H,25,27)/t17-/m0/s1. The van der Waals surface area contributed by atoms with Crippen molar-refractivity contribution in [2.24, 2.45) is 17.3 Å². The molecule has 1 saturated heterocycles. The van der Waals surface area contributed by atoms with E-state index in [4.69, 9.17) is 9.47 Å². The van der Waals surface area contributed by atoms with Gasteiger partial charge in [-0.05, 0) is 43.4 Å². The number of amides is 2. The summed E-state index contributed by atoms with van der Waals surface area (Å²) in [5.41, 5.74) is 0.589. The van der Waals surface area contributed by atoms with Crippen molar-refractivity contribution in [2.75, 3.05) is 26.8 Å². The number of nitrogens with one attached hydrogen (secondary N) is 1. The zero-order valence-electron chi connectivity index (χ0n) is 19.6. The molecule has 1 fully saturated rings. The van der Waals surface area contributed by atoms with Crippen molar-refractivity contribution >= 4 is 11.8 Å². The van der Waals surface area contributed by atoms with Gasteiger partial charge in [0, 0.05) is 24.4 Å². The Balaban J connectivity index is 1.94. The summed E-state index contributed by atoms with van der Waals surface area (Å²) in [7, 11) is 1.62. The quantitative estimate of drug-likeness (QED) is 0.721. The first kappa shape index (κ1) is 24.0. The molecule has 1 heterocycles. The van der Waals surface area contributed by atoms with E-state index in [1.165, 1.54) is 0 Å². The Morgan fingerprint density at radius 2 is 1.77 bits per heavy atom. The molecule has 1 aromatic rings. The second-order valence-electron chi connectivity index (χ2n) is 9.66. The van der Waals surface area contributed by atoms with Crippen LogP contribution in [0.1, 0.15) is 66.0 Å². The average Bonchev–Trinajstić information content (AvgIpc) is 2.70. The van der Waals surface area contributed by atoms with Crippen LogP contribution in [0.4, 0.5) is 0 Å². The van der Waals surface area contributed by atoms with E-state index in [1.54, 1.807) is 7.11 Å². The number of carbonyl (C=O) groups excluding carboxylic acids is 2. The summed E-state index contributed by atoms with van der Waals surface area (Å²) >= 11 is 0. The molecule has 1 aliphatic heterocycles. The van der Waals surface area contributed by atoms with E-state index in [0.29, 0.717) is 50.0 Å². The Kier molecular flexibility index (Phi) is 8.16. The van der Waals surface area contributed by atoms with Gasteiger partial charge in [0.2, 0.25) is 11.8 Å². The molecule has 2 rings (SSSR count). The molecule has 0 aromatic heterocycles. The maximum atomic E-state index is 12.8. The Bertz CT molecular complexity index is 731. The number of rotatable bonds is 7. The number of piperidine rings is 1. The normalized spacial score (nSPS) is 16.3. The minimum absolute atomic E-state index is 0.0458. The lowest BCUT2D eigenvalue weighted by Gasteiger charge is -2.35. The summed E-state index contributed by atoms with van der Waals surface area (Å²) in [5.74, 6) is 1.95. The number of hydrogen-bond donors (Lipinski definition) is 1. The summed E-state index contributed by atoms with van der Waals surface area (Å²) in [6.45, 7) is 13.9. The molecule has 30 heavy (non-hydrogen) atoms. The molecule has 1 aliphatic rings. The smallest absolute Gasteiger partial charge is 0.227 e. The molecule has 0 spiro atoms. The SMILES string of the molecule is COc1cc([C@H](C)NC(=O)C2CCN(C(=O)C(C)(C)C)CC2)ccc1OCC(C)C. The van der Waals surface area contributed by atoms with Crippen LogP contribution in [0.5, 0.6) is 11.5 Å². The topological polar surface area (TPSA) is 67.9 Å². The van der Waals surface area contributed by atoms with Gasteiger partial charge < -0.3 is 19.7 Å². The molecule has 0 unspecified atom stereocenters. The molecule has 1 atom stereocenters. The summed E-state index contributed by atoms with van der Waals surface area (Å²) in [5, 5.41) is 3.12. The van der Waals surface area contributed by atoms with E-state index in [1.807, 2.05) is 50.8 Å². The van der Waals surface area contributed by atoms with Crippen LogP contribution in [-0.4, -0.2) is 43.5 Å². The number of nitrogens with zero attached hydrogens (tertiary/aromatic N) is 1. The van der Waals surface area contributed by atoms with E-state index in [0.717, 1.165) is 5.56 Å². The molecule has 6 nitrogen and oxygen atoms in total. The van der Waals surface area contributed by atoms with Gasteiger partial charge in [-0.25, -0.2) is 0 Å². The van der Waals surface area contributed by atoms with Crippen LogP contribution in [0, 0.1) is 17.3 Å². The van der Waals surface area contributed by atoms with E-state index < -0.39 is 0 Å². The van der Waals surface area contributed by atoms with Gasteiger partial charge in [0.25, 0.3) is 0 Å². The van der Waals surface area contributed by atoms with Crippen molar-refractivity contribution in [1.29, 1.82) is 0 Å². The lowest BCUT2D eigenvalue weighted by molar-refractivity contribution is -0.142. The number of hydrogen-bond acceptors (Lipinski definition) is 4. The highest BCUT2D eigenvalue weighted by Crippen LogP contribution is 2.31.